The molecule has 0 bridgehead atoms. The van der Waals surface area contributed by atoms with E-state index in [1.165, 1.54) is 6.20 Å². The normalized spacial score (nSPS) is 9.33. The maximum absolute atomic E-state index is 10.1. The fourth-order valence-electron chi connectivity index (χ4n) is 0.467. The van der Waals surface area contributed by atoms with Gasteiger partial charge in [0.15, 0.2) is 0 Å². The number of nitrogens with one attached hydrogen (secondary N) is 1. The zero-order valence-corrected chi connectivity index (χ0v) is 4.46. The van der Waals surface area contributed by atoms with Gasteiger partial charge in [0.1, 0.15) is 13.5 Å². The van der Waals surface area contributed by atoms with Crippen molar-refractivity contribution in [2.24, 2.45) is 0 Å². The van der Waals surface area contributed by atoms with Crippen molar-refractivity contribution < 1.29 is 9.90 Å². The fraction of sp³-hybridized carbons (Fsp3) is 0. The van der Waals surface area contributed by atoms with Crippen molar-refractivity contribution in [2.75, 3.05) is 0 Å². The van der Waals surface area contributed by atoms with Gasteiger partial charge in [-0.2, -0.15) is 5.10 Å². The van der Waals surface area contributed by atoms with Crippen LogP contribution in [0.2, 0.25) is 0 Å². The average molecular weight is 122 g/mol. The molecule has 0 aliphatic carbocycles. The van der Waals surface area contributed by atoms with Crippen LogP contribution in [0.4, 0.5) is 0 Å². The molecule has 9 heavy (non-hydrogen) atoms. The van der Waals surface area contributed by atoms with Gasteiger partial charge in [0.2, 0.25) is 0 Å². The molecule has 0 aliphatic heterocycles. The van der Waals surface area contributed by atoms with Gasteiger partial charge < -0.3 is 5.11 Å². The zero-order chi connectivity index (χ0) is 6.85. The summed E-state index contributed by atoms with van der Waals surface area (Å²) in [5, 5.41) is 13.9. The molecule has 1 rings (SSSR count). The van der Waals surface area contributed by atoms with Crippen molar-refractivity contribution in [3.05, 3.63) is 11.9 Å². The Balaban J connectivity index is 3.08. The maximum atomic E-state index is 10.1. The predicted molar refractivity (Wildman–Crippen MR) is 30.9 cm³/mol. The summed E-state index contributed by atoms with van der Waals surface area (Å²) in [6.07, 6.45) is 1.25. The zero-order valence-electron chi connectivity index (χ0n) is 4.46. The number of carbonyl (C=O) groups is 1. The highest BCUT2D eigenvalue weighted by Gasteiger charge is 2.05. The van der Waals surface area contributed by atoms with Crippen molar-refractivity contribution in [1.82, 2.24) is 10.2 Å². The molecular formula is C4H3BN2O2. The Morgan fingerprint density at radius 1 is 1.89 bits per heavy atom. The molecule has 2 radical (unpaired) electrons. The number of rotatable bonds is 1. The summed E-state index contributed by atoms with van der Waals surface area (Å²) >= 11 is 0. The van der Waals surface area contributed by atoms with Gasteiger partial charge in [0, 0.05) is 6.20 Å². The number of aromatic carboxylic acids is 1. The van der Waals surface area contributed by atoms with Crippen molar-refractivity contribution in [1.29, 1.82) is 0 Å². The van der Waals surface area contributed by atoms with Crippen LogP contribution in [0.3, 0.4) is 0 Å². The number of aromatic nitrogens is 2. The van der Waals surface area contributed by atoms with Gasteiger partial charge in [-0.25, -0.2) is 4.79 Å². The molecule has 1 heterocycles. The van der Waals surface area contributed by atoms with E-state index in [1.54, 1.807) is 0 Å². The Labute approximate surface area is 52.3 Å². The second kappa shape index (κ2) is 1.93. The molecule has 1 aromatic heterocycles. The third-order valence-electron chi connectivity index (χ3n) is 0.883. The fourth-order valence-corrected chi connectivity index (χ4v) is 0.467. The van der Waals surface area contributed by atoms with Crippen LogP contribution in [-0.2, 0) is 0 Å². The molecule has 0 amide bonds. The number of hydrogen-bond acceptors (Lipinski definition) is 2. The van der Waals surface area contributed by atoms with Gasteiger partial charge in [-0.3, -0.25) is 5.10 Å². The van der Waals surface area contributed by atoms with Crippen LogP contribution in [0.15, 0.2) is 6.20 Å². The average Bonchev–Trinajstić information content (AvgIpc) is 2.13. The first kappa shape index (κ1) is 5.87. The number of nitrogens with zero attached hydrogens (tertiary/aromatic N) is 1. The first-order valence-corrected chi connectivity index (χ1v) is 2.24. The van der Waals surface area contributed by atoms with Crippen molar-refractivity contribution in [2.45, 2.75) is 0 Å². The number of hydrogen-bond donors (Lipinski definition) is 2. The molecule has 0 saturated heterocycles. The predicted octanol–water partition coefficient (Wildman–Crippen LogP) is -1.10. The summed E-state index contributed by atoms with van der Waals surface area (Å²) in [7, 11) is 5.17. The van der Waals surface area contributed by atoms with E-state index in [9.17, 15) is 4.79 Å². The number of carboxylic acid groups (broad SMARTS) is 1. The summed E-state index contributed by atoms with van der Waals surface area (Å²) in [5.74, 6) is -1.09. The molecule has 0 saturated carbocycles. The summed E-state index contributed by atoms with van der Waals surface area (Å²) in [4.78, 5) is 10.1. The molecule has 1 aromatic rings. The van der Waals surface area contributed by atoms with Gasteiger partial charge in [-0.05, 0) is 5.46 Å². The lowest BCUT2D eigenvalue weighted by molar-refractivity contribution is 0.0692. The Hall–Kier alpha value is -1.26. The molecular weight excluding hydrogens is 119 g/mol. The van der Waals surface area contributed by atoms with Gasteiger partial charge in [-0.15, -0.1) is 0 Å². The van der Waals surface area contributed by atoms with Crippen LogP contribution in [0.25, 0.3) is 0 Å². The summed E-state index contributed by atoms with van der Waals surface area (Å²) < 4.78 is 0. The monoisotopic (exact) mass is 122 g/mol. The van der Waals surface area contributed by atoms with Gasteiger partial charge >= 0.3 is 5.97 Å². The minimum Gasteiger partial charge on any atom is -0.477 e. The molecule has 0 atom stereocenters. The molecule has 4 nitrogen and oxygen atoms in total. The van der Waals surface area contributed by atoms with E-state index in [1.807, 2.05) is 0 Å². The van der Waals surface area contributed by atoms with E-state index in [4.69, 9.17) is 13.0 Å². The summed E-state index contributed by atoms with van der Waals surface area (Å²) in [5.41, 5.74) is 0.0949. The minimum atomic E-state index is -1.09. The van der Waals surface area contributed by atoms with Crippen LogP contribution in [0, 0.1) is 0 Å². The van der Waals surface area contributed by atoms with Crippen LogP contribution in [0.5, 0.6) is 0 Å². The number of H-pyrrole nitrogens is 1. The van der Waals surface area contributed by atoms with Gasteiger partial charge in [0.05, 0.1) is 0 Å². The molecule has 0 unspecified atom stereocenters. The molecule has 5 heteroatoms. The van der Waals surface area contributed by atoms with Crippen LogP contribution >= 0.6 is 0 Å². The van der Waals surface area contributed by atoms with Crippen molar-refractivity contribution in [3.8, 4) is 0 Å². The van der Waals surface area contributed by atoms with Crippen LogP contribution < -0.4 is 5.46 Å². The smallest absolute Gasteiger partial charge is 0.353 e. The second-order valence-electron chi connectivity index (χ2n) is 1.51. The number of carboxylic acids is 1. The Kier molecular flexibility index (Phi) is 1.26. The molecule has 0 spiro atoms. The maximum Gasteiger partial charge on any atom is 0.353 e. The molecule has 2 N–H and O–H groups in total. The van der Waals surface area contributed by atoms with Crippen LogP contribution in [-0.4, -0.2) is 29.1 Å². The van der Waals surface area contributed by atoms with Gasteiger partial charge in [0.25, 0.3) is 0 Å². The summed E-state index contributed by atoms with van der Waals surface area (Å²) in [6, 6.07) is 0. The third kappa shape index (κ3) is 0.935. The highest BCUT2D eigenvalue weighted by atomic mass is 16.4. The molecule has 44 valence electrons. The number of aromatic amines is 1. The highest BCUT2D eigenvalue weighted by Crippen LogP contribution is 1.83. The van der Waals surface area contributed by atoms with Gasteiger partial charge in [-0.1, -0.05) is 0 Å². The van der Waals surface area contributed by atoms with Crippen molar-refractivity contribution >= 4 is 19.3 Å². The molecule has 0 aromatic carbocycles. The van der Waals surface area contributed by atoms with Crippen molar-refractivity contribution in [3.63, 3.8) is 0 Å². The van der Waals surface area contributed by atoms with E-state index in [-0.39, 0.29) is 11.2 Å². The SMILES string of the molecule is [B]c1cn[nH]c1C(=O)O. The summed E-state index contributed by atoms with van der Waals surface area (Å²) in [6.45, 7) is 0. The van der Waals surface area contributed by atoms with Crippen LogP contribution in [0.1, 0.15) is 10.5 Å². The lowest BCUT2D eigenvalue weighted by Crippen LogP contribution is -2.12. The highest BCUT2D eigenvalue weighted by molar-refractivity contribution is 6.35. The van der Waals surface area contributed by atoms with E-state index >= 15 is 0 Å². The lowest BCUT2D eigenvalue weighted by Gasteiger charge is -1.85. The largest absolute Gasteiger partial charge is 0.477 e. The molecule has 0 aliphatic rings. The van der Waals surface area contributed by atoms with E-state index in [0.717, 1.165) is 0 Å². The quantitative estimate of drug-likeness (QED) is 0.464. The minimum absolute atomic E-state index is 0.0602. The van der Waals surface area contributed by atoms with E-state index in [0.29, 0.717) is 0 Å². The topological polar surface area (TPSA) is 66.0 Å². The Morgan fingerprint density at radius 2 is 2.56 bits per heavy atom. The van der Waals surface area contributed by atoms with E-state index in [2.05, 4.69) is 10.2 Å². The Bertz CT molecular complexity index is 232. The first-order valence-electron chi connectivity index (χ1n) is 2.24. The van der Waals surface area contributed by atoms with E-state index < -0.39 is 5.97 Å². The molecule has 0 fully saturated rings. The lowest BCUT2D eigenvalue weighted by atomic mass is 9.97. The Morgan fingerprint density at radius 3 is 2.78 bits per heavy atom. The standard InChI is InChI=1S/C4H3BN2O2/c5-2-1-6-7-3(2)4(8)9/h1H,(H,6,7)(H,8,9). The third-order valence-corrected chi connectivity index (χ3v) is 0.883. The second-order valence-corrected chi connectivity index (χ2v) is 1.51. The first-order chi connectivity index (χ1) is 4.22.